The van der Waals surface area contributed by atoms with Crippen LogP contribution in [0.5, 0.6) is 5.75 Å². The van der Waals surface area contributed by atoms with Crippen LogP contribution in [0, 0.1) is 11.3 Å². The number of nitriles is 1. The summed E-state index contributed by atoms with van der Waals surface area (Å²) >= 11 is 0. The number of hydrogen-bond donors (Lipinski definition) is 1. The van der Waals surface area contributed by atoms with Crippen LogP contribution in [0.1, 0.15) is 5.56 Å². The fourth-order valence-corrected chi connectivity index (χ4v) is 2.92. The Morgan fingerprint density at radius 2 is 1.72 bits per heavy atom. The monoisotopic (exact) mass is 259 g/mol. The predicted molar refractivity (Wildman–Crippen MR) is 64.7 cm³/mol. The summed E-state index contributed by atoms with van der Waals surface area (Å²) in [6.07, 6.45) is 0. The van der Waals surface area contributed by atoms with Gasteiger partial charge in [-0.15, -0.1) is 0 Å². The SMILES string of the molecule is N#Cc1ccc(O)c(S(=O)(=O)c2ccccc2)c1. The smallest absolute Gasteiger partial charge is 0.210 e. The highest BCUT2D eigenvalue weighted by Gasteiger charge is 2.21. The van der Waals surface area contributed by atoms with Gasteiger partial charge in [0, 0.05) is 0 Å². The molecule has 0 amide bonds. The fraction of sp³-hybridized carbons (Fsp3) is 0. The first-order valence-electron chi connectivity index (χ1n) is 5.09. The topological polar surface area (TPSA) is 78.2 Å². The van der Waals surface area contributed by atoms with E-state index in [0.717, 1.165) is 6.07 Å². The minimum Gasteiger partial charge on any atom is -0.507 e. The van der Waals surface area contributed by atoms with E-state index in [2.05, 4.69) is 0 Å². The molecule has 0 saturated heterocycles. The second kappa shape index (κ2) is 4.51. The second-order valence-electron chi connectivity index (χ2n) is 3.61. The number of sulfone groups is 1. The molecule has 0 unspecified atom stereocenters. The molecule has 0 aliphatic carbocycles. The van der Waals surface area contributed by atoms with Crippen LogP contribution < -0.4 is 0 Å². The van der Waals surface area contributed by atoms with Crippen molar-refractivity contribution in [2.24, 2.45) is 0 Å². The van der Waals surface area contributed by atoms with Crippen molar-refractivity contribution in [1.29, 1.82) is 5.26 Å². The van der Waals surface area contributed by atoms with E-state index in [1.807, 2.05) is 6.07 Å². The standard InChI is InChI=1S/C13H9NO3S/c14-9-10-6-7-12(15)13(8-10)18(16,17)11-4-2-1-3-5-11/h1-8,15H. The maximum atomic E-state index is 12.3. The van der Waals surface area contributed by atoms with Crippen LogP contribution in [-0.4, -0.2) is 13.5 Å². The maximum absolute atomic E-state index is 12.3. The van der Waals surface area contributed by atoms with Crippen molar-refractivity contribution >= 4 is 9.84 Å². The Hall–Kier alpha value is -2.32. The highest BCUT2D eigenvalue weighted by molar-refractivity contribution is 7.91. The Labute approximate surface area is 105 Å². The van der Waals surface area contributed by atoms with Crippen LogP contribution >= 0.6 is 0 Å². The van der Waals surface area contributed by atoms with Crippen LogP contribution in [0.25, 0.3) is 0 Å². The molecule has 0 aromatic heterocycles. The number of benzene rings is 2. The average Bonchev–Trinajstić information content (AvgIpc) is 2.40. The molecule has 0 saturated carbocycles. The van der Waals surface area contributed by atoms with E-state index in [1.165, 1.54) is 24.3 Å². The Bertz CT molecular complexity index is 716. The van der Waals surface area contributed by atoms with E-state index in [1.54, 1.807) is 18.2 Å². The van der Waals surface area contributed by atoms with Crippen molar-refractivity contribution in [3.05, 3.63) is 54.1 Å². The van der Waals surface area contributed by atoms with E-state index in [0.29, 0.717) is 0 Å². The molecule has 0 fully saturated rings. The van der Waals surface area contributed by atoms with Crippen molar-refractivity contribution in [3.8, 4) is 11.8 Å². The first-order chi connectivity index (χ1) is 8.55. The van der Waals surface area contributed by atoms with E-state index in [-0.39, 0.29) is 21.1 Å². The third kappa shape index (κ3) is 2.06. The number of nitrogens with zero attached hydrogens (tertiary/aromatic N) is 1. The number of phenols is 1. The van der Waals surface area contributed by atoms with Crippen LogP contribution in [-0.2, 0) is 9.84 Å². The average molecular weight is 259 g/mol. The summed E-state index contributed by atoms with van der Waals surface area (Å²) in [5.74, 6) is -0.363. The lowest BCUT2D eigenvalue weighted by atomic mass is 10.2. The molecular formula is C13H9NO3S. The molecule has 0 aliphatic rings. The van der Waals surface area contributed by atoms with Crippen LogP contribution in [0.2, 0.25) is 0 Å². The lowest BCUT2D eigenvalue weighted by molar-refractivity contribution is 0.458. The highest BCUT2D eigenvalue weighted by atomic mass is 32.2. The van der Waals surface area contributed by atoms with Crippen LogP contribution in [0.4, 0.5) is 0 Å². The molecule has 2 rings (SSSR count). The predicted octanol–water partition coefficient (Wildman–Crippen LogP) is 2.10. The summed E-state index contributed by atoms with van der Waals surface area (Å²) in [7, 11) is -3.80. The van der Waals surface area contributed by atoms with Gasteiger partial charge in [-0.25, -0.2) is 8.42 Å². The second-order valence-corrected chi connectivity index (χ2v) is 5.53. The van der Waals surface area contributed by atoms with Gasteiger partial charge in [0.25, 0.3) is 0 Å². The van der Waals surface area contributed by atoms with Gasteiger partial charge in [0.2, 0.25) is 9.84 Å². The molecule has 0 bridgehead atoms. The Kier molecular flexibility index (Phi) is 3.04. The normalized spacial score (nSPS) is 10.8. The van der Waals surface area contributed by atoms with Crippen molar-refractivity contribution < 1.29 is 13.5 Å². The highest BCUT2D eigenvalue weighted by Crippen LogP contribution is 2.29. The lowest BCUT2D eigenvalue weighted by Gasteiger charge is -2.06. The van der Waals surface area contributed by atoms with Gasteiger partial charge < -0.3 is 5.11 Å². The third-order valence-corrected chi connectivity index (χ3v) is 4.23. The molecular weight excluding hydrogens is 250 g/mol. The van der Waals surface area contributed by atoms with E-state index < -0.39 is 9.84 Å². The van der Waals surface area contributed by atoms with Gasteiger partial charge in [-0.3, -0.25) is 0 Å². The van der Waals surface area contributed by atoms with Gasteiger partial charge in [0.1, 0.15) is 10.6 Å². The summed E-state index contributed by atoms with van der Waals surface area (Å²) in [6, 6.07) is 13.3. The van der Waals surface area contributed by atoms with Gasteiger partial charge in [0.05, 0.1) is 16.5 Å². The zero-order valence-corrected chi connectivity index (χ0v) is 10.1. The molecule has 1 N–H and O–H groups in total. The van der Waals surface area contributed by atoms with Gasteiger partial charge in [-0.2, -0.15) is 5.26 Å². The quantitative estimate of drug-likeness (QED) is 0.895. The molecule has 0 aliphatic heterocycles. The van der Waals surface area contributed by atoms with Gasteiger partial charge in [0.15, 0.2) is 0 Å². The first-order valence-corrected chi connectivity index (χ1v) is 6.57. The summed E-state index contributed by atoms with van der Waals surface area (Å²) in [5.41, 5.74) is 0.183. The fourth-order valence-electron chi connectivity index (χ4n) is 1.53. The van der Waals surface area contributed by atoms with Gasteiger partial charge >= 0.3 is 0 Å². The minimum atomic E-state index is -3.80. The van der Waals surface area contributed by atoms with Gasteiger partial charge in [-0.1, -0.05) is 18.2 Å². The number of hydrogen-bond acceptors (Lipinski definition) is 4. The number of rotatable bonds is 2. The maximum Gasteiger partial charge on any atom is 0.210 e. The van der Waals surface area contributed by atoms with Crippen LogP contribution in [0.3, 0.4) is 0 Å². The molecule has 0 heterocycles. The molecule has 0 radical (unpaired) electrons. The zero-order chi connectivity index (χ0) is 13.2. The Morgan fingerprint density at radius 3 is 2.33 bits per heavy atom. The summed E-state index contributed by atoms with van der Waals surface area (Å²) in [5, 5.41) is 18.4. The van der Waals surface area contributed by atoms with E-state index in [9.17, 15) is 13.5 Å². The van der Waals surface area contributed by atoms with E-state index >= 15 is 0 Å². The molecule has 0 spiro atoms. The Morgan fingerprint density at radius 1 is 1.06 bits per heavy atom. The van der Waals surface area contributed by atoms with Crippen molar-refractivity contribution in [2.45, 2.75) is 9.79 Å². The summed E-state index contributed by atoms with van der Waals surface area (Å²) in [4.78, 5) is -0.178. The molecule has 5 heteroatoms. The van der Waals surface area contributed by atoms with E-state index in [4.69, 9.17) is 5.26 Å². The summed E-state index contributed by atoms with van der Waals surface area (Å²) in [6.45, 7) is 0. The number of aromatic hydroxyl groups is 1. The minimum absolute atomic E-state index is 0.0791. The Balaban J connectivity index is 2.66. The molecule has 0 atom stereocenters. The van der Waals surface area contributed by atoms with Crippen LogP contribution in [0.15, 0.2) is 58.3 Å². The van der Waals surface area contributed by atoms with Gasteiger partial charge in [-0.05, 0) is 30.3 Å². The summed E-state index contributed by atoms with van der Waals surface area (Å²) < 4.78 is 24.5. The first kappa shape index (κ1) is 12.1. The molecule has 18 heavy (non-hydrogen) atoms. The molecule has 4 nitrogen and oxygen atoms in total. The zero-order valence-electron chi connectivity index (χ0n) is 9.24. The lowest BCUT2D eigenvalue weighted by Crippen LogP contribution is -2.02. The van der Waals surface area contributed by atoms with Crippen molar-refractivity contribution in [2.75, 3.05) is 0 Å². The molecule has 90 valence electrons. The van der Waals surface area contributed by atoms with Crippen molar-refractivity contribution in [3.63, 3.8) is 0 Å². The number of phenolic OH excluding ortho intramolecular Hbond substituents is 1. The third-order valence-electron chi connectivity index (χ3n) is 2.43. The van der Waals surface area contributed by atoms with Crippen molar-refractivity contribution in [1.82, 2.24) is 0 Å². The molecule has 2 aromatic rings. The largest absolute Gasteiger partial charge is 0.507 e. The molecule has 2 aromatic carbocycles.